The molecule has 0 aliphatic heterocycles. The molecule has 1 aromatic carbocycles. The van der Waals surface area contributed by atoms with E-state index in [0.717, 1.165) is 16.1 Å². The maximum absolute atomic E-state index is 9.54. The lowest BCUT2D eigenvalue weighted by Crippen LogP contribution is -1.95. The third kappa shape index (κ3) is 3.90. The van der Waals surface area contributed by atoms with Gasteiger partial charge < -0.3 is 9.47 Å². The van der Waals surface area contributed by atoms with Gasteiger partial charge in [0.1, 0.15) is 11.1 Å². The van der Waals surface area contributed by atoms with Crippen LogP contribution in [0, 0.1) is 11.3 Å². The fourth-order valence-electron chi connectivity index (χ4n) is 2.29. The quantitative estimate of drug-likeness (QED) is 0.551. The van der Waals surface area contributed by atoms with Crippen LogP contribution in [0.5, 0.6) is 11.5 Å². The van der Waals surface area contributed by atoms with Crippen molar-refractivity contribution in [2.45, 2.75) is 6.92 Å². The topological polar surface area (TPSA) is 55.1 Å². The summed E-state index contributed by atoms with van der Waals surface area (Å²) in [5.74, 6) is 1.33. The highest BCUT2D eigenvalue weighted by atomic mass is 32.1. The van der Waals surface area contributed by atoms with Crippen molar-refractivity contribution in [1.82, 2.24) is 4.98 Å². The number of thiazole rings is 1. The van der Waals surface area contributed by atoms with Gasteiger partial charge in [0.05, 0.1) is 29.9 Å². The number of thiophene rings is 1. The lowest BCUT2D eigenvalue weighted by Gasteiger charge is -2.09. The zero-order chi connectivity index (χ0) is 17.6. The van der Waals surface area contributed by atoms with E-state index in [-0.39, 0.29) is 0 Å². The van der Waals surface area contributed by atoms with Gasteiger partial charge in [0.2, 0.25) is 0 Å². The highest BCUT2D eigenvalue weighted by Crippen LogP contribution is 2.32. The summed E-state index contributed by atoms with van der Waals surface area (Å²) in [4.78, 5) is 5.69. The summed E-state index contributed by atoms with van der Waals surface area (Å²) < 4.78 is 10.9. The van der Waals surface area contributed by atoms with E-state index < -0.39 is 0 Å². The number of allylic oxidation sites excluding steroid dienone is 1. The fraction of sp³-hybridized carbons (Fsp3) is 0.158. The van der Waals surface area contributed by atoms with Crippen molar-refractivity contribution in [2.75, 3.05) is 13.7 Å². The second-order valence-electron chi connectivity index (χ2n) is 5.03. The number of hydrogen-bond donors (Lipinski definition) is 0. The zero-order valence-corrected chi connectivity index (χ0v) is 15.5. The van der Waals surface area contributed by atoms with Crippen molar-refractivity contribution in [1.29, 1.82) is 5.26 Å². The predicted molar refractivity (Wildman–Crippen MR) is 103 cm³/mol. The Morgan fingerprint density at radius 3 is 2.84 bits per heavy atom. The standard InChI is InChI=1S/C19H16N2O2S2/c1-3-23-16-7-6-13(10-17(16)22-2)9-14(11-20)19-21-15(12-25-19)18-5-4-8-24-18/h4-10,12H,3H2,1-2H3/b14-9-. The monoisotopic (exact) mass is 368 g/mol. The molecule has 3 aromatic rings. The zero-order valence-electron chi connectivity index (χ0n) is 13.9. The third-order valence-corrected chi connectivity index (χ3v) is 5.20. The van der Waals surface area contributed by atoms with Crippen LogP contribution >= 0.6 is 22.7 Å². The average Bonchev–Trinajstić information content (AvgIpc) is 3.32. The molecule has 0 bridgehead atoms. The van der Waals surface area contributed by atoms with E-state index in [1.807, 2.05) is 54.1 Å². The maximum Gasteiger partial charge on any atom is 0.161 e. The van der Waals surface area contributed by atoms with Gasteiger partial charge in [-0.15, -0.1) is 22.7 Å². The Labute approximate surface area is 154 Å². The van der Waals surface area contributed by atoms with E-state index in [1.165, 1.54) is 11.3 Å². The number of nitriles is 1. The predicted octanol–water partition coefficient (Wildman–Crippen LogP) is 5.34. The third-order valence-electron chi connectivity index (χ3n) is 3.43. The summed E-state index contributed by atoms with van der Waals surface area (Å²) in [6, 6.07) is 11.9. The summed E-state index contributed by atoms with van der Waals surface area (Å²) in [5.41, 5.74) is 2.30. The molecule has 0 saturated carbocycles. The van der Waals surface area contributed by atoms with Crippen LogP contribution in [0.4, 0.5) is 0 Å². The molecule has 126 valence electrons. The number of aromatic nitrogens is 1. The van der Waals surface area contributed by atoms with E-state index in [9.17, 15) is 5.26 Å². The summed E-state index contributed by atoms with van der Waals surface area (Å²) in [7, 11) is 1.60. The number of ether oxygens (including phenoxy) is 2. The Kier molecular flexibility index (Phi) is 5.49. The largest absolute Gasteiger partial charge is 0.493 e. The van der Waals surface area contributed by atoms with Gasteiger partial charge in [-0.2, -0.15) is 5.26 Å². The molecule has 3 rings (SSSR count). The van der Waals surface area contributed by atoms with E-state index in [1.54, 1.807) is 18.4 Å². The summed E-state index contributed by atoms with van der Waals surface area (Å²) in [6.45, 7) is 2.49. The maximum atomic E-state index is 9.54. The lowest BCUT2D eigenvalue weighted by atomic mass is 10.1. The Balaban J connectivity index is 1.92. The van der Waals surface area contributed by atoms with E-state index >= 15 is 0 Å². The molecule has 0 amide bonds. The minimum atomic E-state index is 0.527. The van der Waals surface area contributed by atoms with E-state index in [4.69, 9.17) is 9.47 Å². The summed E-state index contributed by atoms with van der Waals surface area (Å²) >= 11 is 3.10. The van der Waals surface area contributed by atoms with Crippen molar-refractivity contribution in [3.05, 3.63) is 51.7 Å². The number of methoxy groups -OCH3 is 1. The van der Waals surface area contributed by atoms with Crippen molar-refractivity contribution in [2.24, 2.45) is 0 Å². The molecule has 0 N–H and O–H groups in total. The average molecular weight is 368 g/mol. The van der Waals surface area contributed by atoms with Crippen LogP contribution in [0.25, 0.3) is 22.2 Å². The molecule has 0 spiro atoms. The highest BCUT2D eigenvalue weighted by molar-refractivity contribution is 7.14. The van der Waals surface area contributed by atoms with Gasteiger partial charge in [0.25, 0.3) is 0 Å². The fourth-order valence-corrected chi connectivity index (χ4v) is 3.84. The second-order valence-corrected chi connectivity index (χ2v) is 6.83. The van der Waals surface area contributed by atoms with Crippen LogP contribution in [0.2, 0.25) is 0 Å². The Morgan fingerprint density at radius 2 is 2.16 bits per heavy atom. The first-order valence-electron chi connectivity index (χ1n) is 7.67. The van der Waals surface area contributed by atoms with Crippen molar-refractivity contribution in [3.8, 4) is 28.1 Å². The molecular formula is C19H16N2O2S2. The van der Waals surface area contributed by atoms with Gasteiger partial charge in [-0.25, -0.2) is 4.98 Å². The molecule has 0 atom stereocenters. The van der Waals surface area contributed by atoms with Gasteiger partial charge in [0.15, 0.2) is 11.5 Å². The van der Waals surface area contributed by atoms with Crippen LogP contribution in [-0.2, 0) is 0 Å². The van der Waals surface area contributed by atoms with E-state index in [0.29, 0.717) is 28.7 Å². The van der Waals surface area contributed by atoms with E-state index in [2.05, 4.69) is 11.1 Å². The molecule has 0 aliphatic carbocycles. The van der Waals surface area contributed by atoms with Crippen LogP contribution in [0.15, 0.2) is 41.1 Å². The Morgan fingerprint density at radius 1 is 1.28 bits per heavy atom. The molecule has 0 saturated heterocycles. The molecule has 6 heteroatoms. The van der Waals surface area contributed by atoms with Gasteiger partial charge in [-0.1, -0.05) is 12.1 Å². The number of benzene rings is 1. The van der Waals surface area contributed by atoms with Crippen LogP contribution in [0.3, 0.4) is 0 Å². The van der Waals surface area contributed by atoms with Crippen molar-refractivity contribution < 1.29 is 9.47 Å². The molecule has 2 heterocycles. The molecule has 4 nitrogen and oxygen atoms in total. The van der Waals surface area contributed by atoms with Crippen LogP contribution < -0.4 is 9.47 Å². The number of hydrogen-bond acceptors (Lipinski definition) is 6. The van der Waals surface area contributed by atoms with Gasteiger partial charge in [-0.3, -0.25) is 0 Å². The molecular weight excluding hydrogens is 352 g/mol. The van der Waals surface area contributed by atoms with Gasteiger partial charge >= 0.3 is 0 Å². The van der Waals surface area contributed by atoms with Crippen LogP contribution in [0.1, 0.15) is 17.5 Å². The summed E-state index contributed by atoms with van der Waals surface area (Å²) in [5, 5.41) is 14.2. The molecule has 0 aliphatic rings. The first kappa shape index (κ1) is 17.2. The van der Waals surface area contributed by atoms with Gasteiger partial charge in [-0.05, 0) is 42.1 Å². The van der Waals surface area contributed by atoms with Crippen LogP contribution in [-0.4, -0.2) is 18.7 Å². The van der Waals surface area contributed by atoms with Crippen molar-refractivity contribution in [3.63, 3.8) is 0 Å². The molecule has 0 fully saturated rings. The first-order chi connectivity index (χ1) is 12.2. The Bertz CT molecular complexity index is 921. The highest BCUT2D eigenvalue weighted by Gasteiger charge is 2.11. The molecule has 25 heavy (non-hydrogen) atoms. The molecule has 0 unspecified atom stereocenters. The Hall–Kier alpha value is -2.62. The molecule has 2 aromatic heterocycles. The number of nitrogens with zero attached hydrogens (tertiary/aromatic N) is 2. The molecule has 0 radical (unpaired) electrons. The summed E-state index contributed by atoms with van der Waals surface area (Å²) in [6.07, 6.45) is 1.81. The van der Waals surface area contributed by atoms with Crippen molar-refractivity contribution >= 4 is 34.3 Å². The normalized spacial score (nSPS) is 11.2. The second kappa shape index (κ2) is 7.97. The first-order valence-corrected chi connectivity index (χ1v) is 9.43. The smallest absolute Gasteiger partial charge is 0.161 e. The minimum Gasteiger partial charge on any atom is -0.493 e. The van der Waals surface area contributed by atoms with Gasteiger partial charge in [0, 0.05) is 5.38 Å². The number of rotatable bonds is 6. The minimum absolute atomic E-state index is 0.527. The SMILES string of the molecule is CCOc1ccc(/C=C(/C#N)c2nc(-c3cccs3)cs2)cc1OC. The lowest BCUT2D eigenvalue weighted by molar-refractivity contribution is 0.311.